The summed E-state index contributed by atoms with van der Waals surface area (Å²) in [6.45, 7) is -0.293. The van der Waals surface area contributed by atoms with Crippen molar-refractivity contribution in [3.63, 3.8) is 0 Å². The van der Waals surface area contributed by atoms with Crippen molar-refractivity contribution in [1.29, 1.82) is 5.41 Å². The molecule has 18 heavy (non-hydrogen) atoms. The Bertz CT molecular complexity index is 309. The van der Waals surface area contributed by atoms with Gasteiger partial charge < -0.3 is 32.3 Å². The third-order valence-electron chi connectivity index (χ3n) is 2.14. The fraction of sp³-hybridized carbons (Fsp3) is 0.667. The number of amides is 1. The van der Waals surface area contributed by atoms with Crippen molar-refractivity contribution < 1.29 is 19.8 Å². The first-order valence-electron chi connectivity index (χ1n) is 5.36. The quantitative estimate of drug-likeness (QED) is 0.140. The zero-order valence-corrected chi connectivity index (χ0v) is 9.85. The molecule has 2 atom stereocenters. The van der Waals surface area contributed by atoms with Gasteiger partial charge in [0.25, 0.3) is 0 Å². The van der Waals surface area contributed by atoms with Crippen molar-refractivity contribution >= 4 is 17.8 Å². The number of aliphatic hydroxyl groups excluding tert-OH is 1. The van der Waals surface area contributed by atoms with Crippen molar-refractivity contribution in [2.75, 3.05) is 13.2 Å². The summed E-state index contributed by atoms with van der Waals surface area (Å²) in [5.41, 5.74) is 10.6. The minimum Gasteiger partial charge on any atom is -0.480 e. The Morgan fingerprint density at radius 2 is 2.00 bits per heavy atom. The zero-order valence-electron chi connectivity index (χ0n) is 9.85. The highest BCUT2D eigenvalue weighted by Gasteiger charge is 2.22. The first-order valence-corrected chi connectivity index (χ1v) is 5.36. The molecule has 0 saturated heterocycles. The Labute approximate surface area is 104 Å². The average molecular weight is 261 g/mol. The second kappa shape index (κ2) is 8.25. The Morgan fingerprint density at radius 1 is 1.39 bits per heavy atom. The lowest BCUT2D eigenvalue weighted by molar-refractivity contribution is -0.143. The summed E-state index contributed by atoms with van der Waals surface area (Å²) in [7, 11) is 0. The molecular formula is C9H19N5O4. The molecule has 9 N–H and O–H groups in total. The first kappa shape index (κ1) is 16.1. The van der Waals surface area contributed by atoms with Gasteiger partial charge in [0, 0.05) is 6.54 Å². The van der Waals surface area contributed by atoms with Crippen molar-refractivity contribution in [3.05, 3.63) is 0 Å². The number of nitrogens with one attached hydrogen (secondary N) is 3. The fourth-order valence-corrected chi connectivity index (χ4v) is 1.14. The number of aliphatic hydroxyl groups is 1. The molecule has 0 aromatic carbocycles. The van der Waals surface area contributed by atoms with E-state index in [2.05, 4.69) is 10.6 Å². The Morgan fingerprint density at radius 3 is 2.44 bits per heavy atom. The molecule has 9 nitrogen and oxygen atoms in total. The minimum atomic E-state index is -1.35. The highest BCUT2D eigenvalue weighted by atomic mass is 16.4. The number of nitrogens with two attached hydrogens (primary N) is 2. The van der Waals surface area contributed by atoms with Crippen LogP contribution in [0.5, 0.6) is 0 Å². The fourth-order valence-electron chi connectivity index (χ4n) is 1.14. The molecule has 0 spiro atoms. The molecule has 2 unspecified atom stereocenters. The van der Waals surface area contributed by atoms with Gasteiger partial charge in [-0.05, 0) is 12.8 Å². The molecule has 0 aromatic rings. The highest BCUT2D eigenvalue weighted by molar-refractivity contribution is 5.86. The summed E-state index contributed by atoms with van der Waals surface area (Å²) in [5, 5.41) is 28.9. The maximum atomic E-state index is 11.4. The number of carbonyl (C=O) groups excluding carboxylic acids is 1. The van der Waals surface area contributed by atoms with E-state index >= 15 is 0 Å². The molecule has 0 heterocycles. The topological polar surface area (TPSA) is 175 Å². The van der Waals surface area contributed by atoms with Crippen molar-refractivity contribution in [3.8, 4) is 0 Å². The molecule has 0 aliphatic heterocycles. The highest BCUT2D eigenvalue weighted by Crippen LogP contribution is 1.95. The van der Waals surface area contributed by atoms with Gasteiger partial charge in [-0.2, -0.15) is 0 Å². The molecule has 0 aliphatic rings. The van der Waals surface area contributed by atoms with E-state index < -0.39 is 30.6 Å². The predicted octanol–water partition coefficient (Wildman–Crippen LogP) is -2.86. The number of carbonyl (C=O) groups is 2. The van der Waals surface area contributed by atoms with Crippen LogP contribution < -0.4 is 22.1 Å². The van der Waals surface area contributed by atoms with Crippen LogP contribution >= 0.6 is 0 Å². The van der Waals surface area contributed by atoms with Crippen LogP contribution in [0.4, 0.5) is 0 Å². The molecule has 0 saturated carbocycles. The monoisotopic (exact) mass is 261 g/mol. The van der Waals surface area contributed by atoms with E-state index in [1.807, 2.05) is 0 Å². The summed E-state index contributed by atoms with van der Waals surface area (Å²) in [6, 6.07) is -2.22. The molecular weight excluding hydrogens is 242 g/mol. The van der Waals surface area contributed by atoms with Gasteiger partial charge in [-0.1, -0.05) is 0 Å². The molecule has 0 bridgehead atoms. The maximum absolute atomic E-state index is 11.4. The van der Waals surface area contributed by atoms with Gasteiger partial charge in [0.05, 0.1) is 12.6 Å². The molecule has 0 fully saturated rings. The van der Waals surface area contributed by atoms with E-state index in [9.17, 15) is 9.59 Å². The second-order valence-corrected chi connectivity index (χ2v) is 3.67. The molecule has 0 rings (SSSR count). The largest absolute Gasteiger partial charge is 0.480 e. The van der Waals surface area contributed by atoms with E-state index in [0.717, 1.165) is 0 Å². The van der Waals surface area contributed by atoms with Gasteiger partial charge in [0.15, 0.2) is 5.96 Å². The van der Waals surface area contributed by atoms with Crippen LogP contribution in [0.15, 0.2) is 0 Å². The van der Waals surface area contributed by atoms with Crippen molar-refractivity contribution in [2.24, 2.45) is 11.5 Å². The predicted molar refractivity (Wildman–Crippen MR) is 63.8 cm³/mol. The molecule has 104 valence electrons. The Kier molecular flexibility index (Phi) is 7.40. The van der Waals surface area contributed by atoms with Gasteiger partial charge in [0.1, 0.15) is 6.04 Å². The van der Waals surface area contributed by atoms with Crippen LogP contribution in [0.2, 0.25) is 0 Å². The van der Waals surface area contributed by atoms with Gasteiger partial charge >= 0.3 is 5.97 Å². The number of hydrogen-bond donors (Lipinski definition) is 7. The number of hydrogen-bond acceptors (Lipinski definition) is 5. The minimum absolute atomic E-state index is 0.167. The van der Waals surface area contributed by atoms with Crippen molar-refractivity contribution in [1.82, 2.24) is 10.6 Å². The number of rotatable bonds is 8. The third-order valence-corrected chi connectivity index (χ3v) is 2.14. The lowest BCUT2D eigenvalue weighted by atomic mass is 10.1. The van der Waals surface area contributed by atoms with Crippen LogP contribution in [-0.4, -0.2) is 53.3 Å². The normalized spacial score (nSPS) is 13.4. The lowest BCUT2D eigenvalue weighted by Crippen LogP contribution is -2.50. The molecule has 0 aromatic heterocycles. The van der Waals surface area contributed by atoms with E-state index in [4.69, 9.17) is 27.1 Å². The van der Waals surface area contributed by atoms with E-state index in [1.54, 1.807) is 0 Å². The molecule has 1 amide bonds. The van der Waals surface area contributed by atoms with E-state index in [0.29, 0.717) is 19.4 Å². The van der Waals surface area contributed by atoms with Crippen LogP contribution in [0.1, 0.15) is 12.8 Å². The van der Waals surface area contributed by atoms with Crippen LogP contribution in [-0.2, 0) is 9.59 Å². The summed E-state index contributed by atoms with van der Waals surface area (Å²) in [5.74, 6) is -2.13. The summed E-state index contributed by atoms with van der Waals surface area (Å²) in [4.78, 5) is 22.0. The second-order valence-electron chi connectivity index (χ2n) is 3.67. The standard InChI is InChI=1S/C9H19N5O4/c10-5(2-1-3-13-9(11)12)7(16)14-6(4-15)8(17)18/h5-6,15H,1-4,10H2,(H,14,16)(H,17,18)(H4,11,12,13). The first-order chi connectivity index (χ1) is 8.38. The summed E-state index contributed by atoms with van der Waals surface area (Å²) >= 11 is 0. The van der Waals surface area contributed by atoms with Crippen LogP contribution in [0.25, 0.3) is 0 Å². The van der Waals surface area contributed by atoms with Crippen LogP contribution in [0.3, 0.4) is 0 Å². The van der Waals surface area contributed by atoms with Gasteiger partial charge in [-0.3, -0.25) is 10.2 Å². The Balaban J connectivity index is 3.95. The summed E-state index contributed by atoms with van der Waals surface area (Å²) < 4.78 is 0. The van der Waals surface area contributed by atoms with E-state index in [1.165, 1.54) is 0 Å². The van der Waals surface area contributed by atoms with Gasteiger partial charge in [-0.25, -0.2) is 4.79 Å². The van der Waals surface area contributed by atoms with Gasteiger partial charge in [-0.15, -0.1) is 0 Å². The molecule has 9 heteroatoms. The number of carboxylic acids is 1. The van der Waals surface area contributed by atoms with Crippen molar-refractivity contribution in [2.45, 2.75) is 24.9 Å². The average Bonchev–Trinajstić information content (AvgIpc) is 2.30. The smallest absolute Gasteiger partial charge is 0.328 e. The SMILES string of the molecule is N=C(N)NCCCC(N)C(=O)NC(CO)C(=O)O. The van der Waals surface area contributed by atoms with Gasteiger partial charge in [0.2, 0.25) is 5.91 Å². The maximum Gasteiger partial charge on any atom is 0.328 e. The molecule has 0 aliphatic carbocycles. The zero-order chi connectivity index (χ0) is 14.1. The lowest BCUT2D eigenvalue weighted by Gasteiger charge is -2.16. The summed E-state index contributed by atoms with van der Waals surface area (Å²) in [6.07, 6.45) is 0.814. The van der Waals surface area contributed by atoms with E-state index in [-0.39, 0.29) is 5.96 Å². The number of guanidine groups is 1. The third kappa shape index (κ3) is 6.66. The number of aliphatic carboxylic acids is 1. The number of carboxylic acid groups (broad SMARTS) is 1. The Hall–Kier alpha value is -1.87. The van der Waals surface area contributed by atoms with Crippen LogP contribution in [0, 0.1) is 5.41 Å². The molecule has 0 radical (unpaired) electrons.